The Morgan fingerprint density at radius 2 is 1.76 bits per heavy atom. The SMILES string of the molecule is COc1cc(N(c2ccc(F)c(Cl)c2)c2cc(N)ncn2)ccc1N. The minimum atomic E-state index is -0.512. The van der Waals surface area contributed by atoms with Crippen LogP contribution < -0.4 is 21.1 Å². The molecule has 0 radical (unpaired) electrons. The van der Waals surface area contributed by atoms with E-state index in [2.05, 4.69) is 9.97 Å². The zero-order valence-electron chi connectivity index (χ0n) is 13.3. The molecule has 0 atom stereocenters. The molecule has 6 nitrogen and oxygen atoms in total. The molecule has 1 heterocycles. The molecule has 0 amide bonds. The molecule has 0 unspecified atom stereocenters. The molecule has 0 aliphatic carbocycles. The lowest BCUT2D eigenvalue weighted by atomic mass is 10.2. The fraction of sp³-hybridized carbons (Fsp3) is 0.0588. The highest BCUT2D eigenvalue weighted by Crippen LogP contribution is 2.38. The van der Waals surface area contributed by atoms with Crippen molar-refractivity contribution in [3.63, 3.8) is 0 Å². The van der Waals surface area contributed by atoms with Crippen molar-refractivity contribution in [1.29, 1.82) is 0 Å². The van der Waals surface area contributed by atoms with Crippen LogP contribution in [0.5, 0.6) is 5.75 Å². The smallest absolute Gasteiger partial charge is 0.143 e. The van der Waals surface area contributed by atoms with Crippen molar-refractivity contribution < 1.29 is 9.13 Å². The van der Waals surface area contributed by atoms with Crippen LogP contribution in [0.1, 0.15) is 0 Å². The van der Waals surface area contributed by atoms with Gasteiger partial charge in [-0.1, -0.05) is 11.6 Å². The van der Waals surface area contributed by atoms with Crippen molar-refractivity contribution >= 4 is 40.3 Å². The minimum Gasteiger partial charge on any atom is -0.495 e. The third kappa shape index (κ3) is 3.41. The Hall–Kier alpha value is -3.06. The van der Waals surface area contributed by atoms with Gasteiger partial charge in [0, 0.05) is 17.8 Å². The Kier molecular flexibility index (Phi) is 4.58. The highest BCUT2D eigenvalue weighted by atomic mass is 35.5. The minimum absolute atomic E-state index is 0.00746. The molecule has 0 aliphatic rings. The van der Waals surface area contributed by atoms with Gasteiger partial charge < -0.3 is 16.2 Å². The Morgan fingerprint density at radius 1 is 1.04 bits per heavy atom. The van der Waals surface area contributed by atoms with Crippen LogP contribution in [0, 0.1) is 5.82 Å². The van der Waals surface area contributed by atoms with E-state index in [0.29, 0.717) is 34.4 Å². The average molecular weight is 360 g/mol. The van der Waals surface area contributed by atoms with Crippen LogP contribution >= 0.6 is 11.6 Å². The number of hydrogen-bond acceptors (Lipinski definition) is 6. The maximum atomic E-state index is 13.6. The molecule has 25 heavy (non-hydrogen) atoms. The van der Waals surface area contributed by atoms with Gasteiger partial charge in [0.05, 0.1) is 23.5 Å². The topological polar surface area (TPSA) is 90.3 Å². The number of nitrogen functional groups attached to an aromatic ring is 2. The van der Waals surface area contributed by atoms with E-state index >= 15 is 0 Å². The second-order valence-corrected chi connectivity index (χ2v) is 5.57. The van der Waals surface area contributed by atoms with Crippen molar-refractivity contribution in [2.24, 2.45) is 0 Å². The van der Waals surface area contributed by atoms with Gasteiger partial charge in [0.2, 0.25) is 0 Å². The number of halogens is 2. The highest BCUT2D eigenvalue weighted by Gasteiger charge is 2.17. The van der Waals surface area contributed by atoms with Crippen LogP contribution in [0.15, 0.2) is 48.8 Å². The largest absolute Gasteiger partial charge is 0.495 e. The van der Waals surface area contributed by atoms with E-state index in [-0.39, 0.29) is 5.02 Å². The standard InChI is InChI=1S/C17H15ClFN5O/c1-25-15-7-11(3-5-14(15)20)24(17-8-16(21)22-9-23-17)10-2-4-13(19)12(18)6-10/h2-9H,20H2,1H3,(H2,21,22,23). The lowest BCUT2D eigenvalue weighted by Crippen LogP contribution is -2.13. The first-order valence-corrected chi connectivity index (χ1v) is 7.63. The number of methoxy groups -OCH3 is 1. The van der Waals surface area contributed by atoms with Gasteiger partial charge in [-0.2, -0.15) is 0 Å². The van der Waals surface area contributed by atoms with Crippen molar-refractivity contribution in [3.8, 4) is 5.75 Å². The summed E-state index contributed by atoms with van der Waals surface area (Å²) in [4.78, 5) is 9.89. The average Bonchev–Trinajstić information content (AvgIpc) is 2.60. The van der Waals surface area contributed by atoms with E-state index in [1.165, 1.54) is 25.6 Å². The van der Waals surface area contributed by atoms with Crippen LogP contribution in [-0.2, 0) is 0 Å². The molecule has 0 fully saturated rings. The van der Waals surface area contributed by atoms with Crippen LogP contribution in [0.3, 0.4) is 0 Å². The Morgan fingerprint density at radius 3 is 2.44 bits per heavy atom. The van der Waals surface area contributed by atoms with Gasteiger partial charge in [0.1, 0.15) is 29.5 Å². The summed E-state index contributed by atoms with van der Waals surface area (Å²) in [5.74, 6) is 0.771. The molecule has 1 aromatic heterocycles. The van der Waals surface area contributed by atoms with Crippen molar-refractivity contribution in [2.75, 3.05) is 23.5 Å². The monoisotopic (exact) mass is 359 g/mol. The number of anilines is 5. The van der Waals surface area contributed by atoms with Gasteiger partial charge in [-0.25, -0.2) is 14.4 Å². The first kappa shape index (κ1) is 16.8. The molecule has 8 heteroatoms. The molecule has 2 aromatic carbocycles. The van der Waals surface area contributed by atoms with Gasteiger partial charge in [-0.3, -0.25) is 4.90 Å². The first-order valence-electron chi connectivity index (χ1n) is 7.26. The van der Waals surface area contributed by atoms with Crippen molar-refractivity contribution in [2.45, 2.75) is 0 Å². The van der Waals surface area contributed by atoms with Crippen LogP contribution in [0.2, 0.25) is 5.02 Å². The normalized spacial score (nSPS) is 10.5. The van der Waals surface area contributed by atoms with E-state index in [4.69, 9.17) is 27.8 Å². The van der Waals surface area contributed by atoms with Gasteiger partial charge in [-0.15, -0.1) is 0 Å². The summed E-state index contributed by atoms with van der Waals surface area (Å²) >= 11 is 5.94. The summed E-state index contributed by atoms with van der Waals surface area (Å²) in [5.41, 5.74) is 13.4. The quantitative estimate of drug-likeness (QED) is 0.686. The maximum Gasteiger partial charge on any atom is 0.143 e. The number of hydrogen-bond donors (Lipinski definition) is 2. The predicted molar refractivity (Wildman–Crippen MR) is 97.1 cm³/mol. The second-order valence-electron chi connectivity index (χ2n) is 5.16. The van der Waals surface area contributed by atoms with Gasteiger partial charge in [0.15, 0.2) is 0 Å². The van der Waals surface area contributed by atoms with E-state index in [0.717, 1.165) is 0 Å². The molecule has 0 aliphatic heterocycles. The van der Waals surface area contributed by atoms with Crippen LogP contribution in [0.4, 0.5) is 33.1 Å². The Balaban J connectivity index is 2.20. The number of aromatic nitrogens is 2. The van der Waals surface area contributed by atoms with Crippen LogP contribution in [-0.4, -0.2) is 17.1 Å². The first-order chi connectivity index (χ1) is 12.0. The van der Waals surface area contributed by atoms with E-state index in [9.17, 15) is 4.39 Å². The van der Waals surface area contributed by atoms with Gasteiger partial charge in [-0.05, 0) is 30.3 Å². The number of rotatable bonds is 4. The molecule has 3 rings (SSSR count). The Bertz CT molecular complexity index is 921. The summed E-state index contributed by atoms with van der Waals surface area (Å²) in [6, 6.07) is 11.2. The van der Waals surface area contributed by atoms with Crippen LogP contribution in [0.25, 0.3) is 0 Å². The molecular formula is C17H15ClFN5O. The predicted octanol–water partition coefficient (Wildman–Crippen LogP) is 3.91. The number of nitrogens with two attached hydrogens (primary N) is 2. The van der Waals surface area contributed by atoms with Crippen molar-refractivity contribution in [1.82, 2.24) is 9.97 Å². The molecule has 4 N–H and O–H groups in total. The van der Waals surface area contributed by atoms with Gasteiger partial charge >= 0.3 is 0 Å². The summed E-state index contributed by atoms with van der Waals surface area (Å²) < 4.78 is 18.8. The number of benzene rings is 2. The summed E-state index contributed by atoms with van der Waals surface area (Å²) in [6.45, 7) is 0. The summed E-state index contributed by atoms with van der Waals surface area (Å²) in [7, 11) is 1.53. The van der Waals surface area contributed by atoms with Crippen molar-refractivity contribution in [3.05, 3.63) is 59.6 Å². The number of ether oxygens (including phenoxy) is 1. The zero-order chi connectivity index (χ0) is 18.0. The lowest BCUT2D eigenvalue weighted by Gasteiger charge is -2.25. The molecule has 128 valence electrons. The van der Waals surface area contributed by atoms with E-state index in [1.54, 1.807) is 35.2 Å². The van der Waals surface area contributed by atoms with E-state index in [1.807, 2.05) is 0 Å². The summed E-state index contributed by atoms with van der Waals surface area (Å²) in [6.07, 6.45) is 1.34. The molecular weight excluding hydrogens is 345 g/mol. The fourth-order valence-corrected chi connectivity index (χ4v) is 2.54. The van der Waals surface area contributed by atoms with E-state index < -0.39 is 5.82 Å². The van der Waals surface area contributed by atoms with Gasteiger partial charge in [0.25, 0.3) is 0 Å². The third-order valence-electron chi connectivity index (χ3n) is 3.54. The number of nitrogens with zero attached hydrogens (tertiary/aromatic N) is 3. The molecule has 0 spiro atoms. The zero-order valence-corrected chi connectivity index (χ0v) is 14.0. The Labute approximate surface area is 148 Å². The molecule has 0 saturated heterocycles. The lowest BCUT2D eigenvalue weighted by molar-refractivity contribution is 0.417. The fourth-order valence-electron chi connectivity index (χ4n) is 2.36. The summed E-state index contributed by atoms with van der Waals surface area (Å²) in [5, 5.41) is -0.00746. The molecule has 0 saturated carbocycles. The molecule has 0 bridgehead atoms. The second kappa shape index (κ2) is 6.82. The highest BCUT2D eigenvalue weighted by molar-refractivity contribution is 6.31. The third-order valence-corrected chi connectivity index (χ3v) is 3.83. The maximum absolute atomic E-state index is 13.6. The molecule has 3 aromatic rings.